The van der Waals surface area contributed by atoms with E-state index in [4.69, 9.17) is 0 Å². The predicted molar refractivity (Wildman–Crippen MR) is 53.8 cm³/mol. The minimum atomic E-state index is -0.237. The number of hydrogen-bond acceptors (Lipinski definition) is 2. The second kappa shape index (κ2) is 4.98. The molecule has 0 saturated carbocycles. The number of imide groups is 1. The molecule has 1 unspecified atom stereocenters. The van der Waals surface area contributed by atoms with Gasteiger partial charge in [-0.1, -0.05) is 26.2 Å². The molecule has 1 heterocycles. The Morgan fingerprint density at radius 2 is 2.14 bits per heavy atom. The van der Waals surface area contributed by atoms with Gasteiger partial charge in [0, 0.05) is 6.04 Å². The molecule has 0 aromatic heterocycles. The van der Waals surface area contributed by atoms with E-state index in [0.29, 0.717) is 0 Å². The highest BCUT2D eigenvalue weighted by Crippen LogP contribution is 2.12. The first-order valence-corrected chi connectivity index (χ1v) is 5.26. The van der Waals surface area contributed by atoms with Crippen LogP contribution in [0.3, 0.4) is 0 Å². The number of rotatable bonds is 5. The van der Waals surface area contributed by atoms with E-state index in [0.717, 1.165) is 25.7 Å². The van der Waals surface area contributed by atoms with Crippen LogP contribution in [0.1, 0.15) is 39.5 Å². The molecule has 1 aliphatic heterocycles. The smallest absolute Gasteiger partial charge is 0.324 e. The zero-order valence-electron chi connectivity index (χ0n) is 8.88. The summed E-state index contributed by atoms with van der Waals surface area (Å²) in [5, 5.41) is 2.53. The molecule has 14 heavy (non-hydrogen) atoms. The summed E-state index contributed by atoms with van der Waals surface area (Å²) in [6.45, 7) is 4.23. The van der Waals surface area contributed by atoms with Crippen molar-refractivity contribution in [2.24, 2.45) is 0 Å². The molecule has 0 spiro atoms. The zero-order valence-corrected chi connectivity index (χ0v) is 8.88. The maximum absolute atomic E-state index is 11.3. The van der Waals surface area contributed by atoms with Crippen LogP contribution in [0.25, 0.3) is 0 Å². The van der Waals surface area contributed by atoms with Crippen LogP contribution in [0.4, 0.5) is 4.79 Å². The third-order valence-electron chi connectivity index (χ3n) is 2.54. The summed E-state index contributed by atoms with van der Waals surface area (Å²) in [6, 6.07) is -0.199. The van der Waals surface area contributed by atoms with Gasteiger partial charge < -0.3 is 5.32 Å². The highest BCUT2D eigenvalue weighted by Gasteiger charge is 2.31. The summed E-state index contributed by atoms with van der Waals surface area (Å²) >= 11 is 0. The number of amides is 3. The van der Waals surface area contributed by atoms with Gasteiger partial charge in [-0.05, 0) is 13.3 Å². The fourth-order valence-corrected chi connectivity index (χ4v) is 1.70. The maximum atomic E-state index is 11.3. The molecule has 80 valence electrons. The summed E-state index contributed by atoms with van der Waals surface area (Å²) in [5.74, 6) is -0.0981. The predicted octanol–water partition coefficient (Wildman–Crippen LogP) is 1.51. The summed E-state index contributed by atoms with van der Waals surface area (Å²) in [5.41, 5.74) is 0. The molecule has 1 N–H and O–H groups in total. The lowest BCUT2D eigenvalue weighted by molar-refractivity contribution is -0.126. The van der Waals surface area contributed by atoms with Crippen LogP contribution in [0.15, 0.2) is 0 Å². The van der Waals surface area contributed by atoms with Gasteiger partial charge in [-0.3, -0.25) is 9.69 Å². The molecule has 1 aliphatic rings. The molecule has 1 saturated heterocycles. The Hall–Kier alpha value is -1.06. The third kappa shape index (κ3) is 2.47. The number of urea groups is 1. The van der Waals surface area contributed by atoms with Gasteiger partial charge in [-0.15, -0.1) is 0 Å². The second-order valence-electron chi connectivity index (χ2n) is 3.77. The molecular formula is C10H18N2O2. The van der Waals surface area contributed by atoms with Crippen molar-refractivity contribution < 1.29 is 9.59 Å². The quantitative estimate of drug-likeness (QED) is 0.537. The molecule has 0 aromatic rings. The first-order valence-electron chi connectivity index (χ1n) is 5.26. The number of nitrogens with zero attached hydrogens (tertiary/aromatic N) is 1. The van der Waals surface area contributed by atoms with E-state index in [1.54, 1.807) is 0 Å². The van der Waals surface area contributed by atoms with Gasteiger partial charge >= 0.3 is 6.03 Å². The van der Waals surface area contributed by atoms with Crippen LogP contribution in [0.5, 0.6) is 0 Å². The fraction of sp³-hybridized carbons (Fsp3) is 0.800. The minimum Gasteiger partial charge on any atom is -0.329 e. The van der Waals surface area contributed by atoms with Gasteiger partial charge in [0.2, 0.25) is 5.91 Å². The van der Waals surface area contributed by atoms with E-state index in [2.05, 4.69) is 12.2 Å². The van der Waals surface area contributed by atoms with Crippen LogP contribution >= 0.6 is 0 Å². The first-order chi connectivity index (χ1) is 6.66. The van der Waals surface area contributed by atoms with Crippen LogP contribution in [-0.4, -0.2) is 29.4 Å². The summed E-state index contributed by atoms with van der Waals surface area (Å²) in [7, 11) is 0. The SMILES string of the molecule is CCCCCC(C)N1C(=O)CNC1=O. The van der Waals surface area contributed by atoms with Crippen molar-refractivity contribution in [2.45, 2.75) is 45.6 Å². The largest absolute Gasteiger partial charge is 0.329 e. The normalized spacial score (nSPS) is 18.6. The molecule has 0 aromatic carbocycles. The molecule has 0 bridgehead atoms. The number of nitrogens with one attached hydrogen (secondary N) is 1. The van der Waals surface area contributed by atoms with Crippen LogP contribution in [-0.2, 0) is 4.79 Å². The molecule has 1 fully saturated rings. The van der Waals surface area contributed by atoms with Crippen molar-refractivity contribution in [1.82, 2.24) is 10.2 Å². The second-order valence-corrected chi connectivity index (χ2v) is 3.77. The minimum absolute atomic E-state index is 0.0385. The summed E-state index contributed by atoms with van der Waals surface area (Å²) in [6.07, 6.45) is 4.31. The Bertz CT molecular complexity index is 212. The van der Waals surface area contributed by atoms with Gasteiger partial charge in [0.1, 0.15) is 0 Å². The van der Waals surface area contributed by atoms with Crippen molar-refractivity contribution in [2.75, 3.05) is 6.54 Å². The summed E-state index contributed by atoms with van der Waals surface area (Å²) < 4.78 is 0. The number of unbranched alkanes of at least 4 members (excludes halogenated alkanes) is 2. The highest BCUT2D eigenvalue weighted by molar-refractivity contribution is 6.02. The highest BCUT2D eigenvalue weighted by atomic mass is 16.2. The number of hydrogen-bond donors (Lipinski definition) is 1. The molecule has 0 radical (unpaired) electrons. The third-order valence-corrected chi connectivity index (χ3v) is 2.54. The molecule has 4 heteroatoms. The Labute approximate surface area is 84.7 Å². The topological polar surface area (TPSA) is 49.4 Å². The lowest BCUT2D eigenvalue weighted by Crippen LogP contribution is -2.38. The number of carbonyl (C=O) groups is 2. The molecule has 3 amide bonds. The van der Waals surface area contributed by atoms with Crippen LogP contribution in [0.2, 0.25) is 0 Å². The van der Waals surface area contributed by atoms with E-state index in [1.807, 2.05) is 6.92 Å². The average molecular weight is 198 g/mol. The Kier molecular flexibility index (Phi) is 3.92. The van der Waals surface area contributed by atoms with Crippen molar-refractivity contribution in [3.63, 3.8) is 0 Å². The van der Waals surface area contributed by atoms with E-state index in [9.17, 15) is 9.59 Å². The molecular weight excluding hydrogens is 180 g/mol. The van der Waals surface area contributed by atoms with E-state index < -0.39 is 0 Å². The van der Waals surface area contributed by atoms with Gasteiger partial charge in [-0.25, -0.2) is 4.79 Å². The first kappa shape index (κ1) is 11.0. The fourth-order valence-electron chi connectivity index (χ4n) is 1.70. The van der Waals surface area contributed by atoms with Crippen molar-refractivity contribution in [3.05, 3.63) is 0 Å². The van der Waals surface area contributed by atoms with Crippen molar-refractivity contribution in [3.8, 4) is 0 Å². The molecule has 1 atom stereocenters. The van der Waals surface area contributed by atoms with Crippen molar-refractivity contribution >= 4 is 11.9 Å². The zero-order chi connectivity index (χ0) is 10.6. The number of carbonyl (C=O) groups excluding carboxylic acids is 2. The maximum Gasteiger partial charge on any atom is 0.324 e. The lowest BCUT2D eigenvalue weighted by Gasteiger charge is -2.20. The Morgan fingerprint density at radius 1 is 1.43 bits per heavy atom. The standard InChI is InChI=1S/C10H18N2O2/c1-3-4-5-6-8(2)12-9(13)7-11-10(12)14/h8H,3-7H2,1-2H3,(H,11,14). The average Bonchev–Trinajstić information content (AvgIpc) is 2.46. The van der Waals surface area contributed by atoms with Gasteiger partial charge in [0.25, 0.3) is 0 Å². The van der Waals surface area contributed by atoms with Gasteiger partial charge in [0.05, 0.1) is 6.54 Å². The Morgan fingerprint density at radius 3 is 2.64 bits per heavy atom. The van der Waals surface area contributed by atoms with Gasteiger partial charge in [0.15, 0.2) is 0 Å². The van der Waals surface area contributed by atoms with Gasteiger partial charge in [-0.2, -0.15) is 0 Å². The molecule has 1 rings (SSSR count). The Balaban J connectivity index is 2.39. The summed E-state index contributed by atoms with van der Waals surface area (Å²) in [4.78, 5) is 23.9. The molecule has 4 nitrogen and oxygen atoms in total. The lowest BCUT2D eigenvalue weighted by atomic mass is 10.1. The van der Waals surface area contributed by atoms with Crippen molar-refractivity contribution in [1.29, 1.82) is 0 Å². The van der Waals surface area contributed by atoms with E-state index in [1.165, 1.54) is 4.90 Å². The van der Waals surface area contributed by atoms with Crippen LogP contribution < -0.4 is 5.32 Å². The van der Waals surface area contributed by atoms with E-state index >= 15 is 0 Å². The monoisotopic (exact) mass is 198 g/mol. The molecule has 0 aliphatic carbocycles. The van der Waals surface area contributed by atoms with Crippen LogP contribution in [0, 0.1) is 0 Å². The van der Waals surface area contributed by atoms with E-state index in [-0.39, 0.29) is 24.5 Å².